The zero-order valence-corrected chi connectivity index (χ0v) is 10.6. The second-order valence-corrected chi connectivity index (χ2v) is 4.14. The molecule has 2 amide bonds. The molecule has 0 saturated heterocycles. The minimum Gasteiger partial charge on any atom is -0.481 e. The number of aliphatic carboxylic acids is 1. The molecule has 0 bridgehead atoms. The van der Waals surface area contributed by atoms with Gasteiger partial charge in [0, 0.05) is 13.6 Å². The first-order valence-corrected chi connectivity index (χ1v) is 5.53. The maximum Gasteiger partial charge on any atom is 0.317 e. The molecule has 0 aliphatic rings. The standard InChI is InChI=1S/C11H17N3O4/c1-7(10(15)16)6-14(3)11(17)13-5-9-12-4-8(2)18-9/h4,7H,5-6H2,1-3H3,(H,13,17)(H,15,16). The van der Waals surface area contributed by atoms with Gasteiger partial charge >= 0.3 is 12.0 Å². The lowest BCUT2D eigenvalue weighted by molar-refractivity contribution is -0.141. The highest BCUT2D eigenvalue weighted by Gasteiger charge is 2.17. The number of hydrogen-bond acceptors (Lipinski definition) is 4. The van der Waals surface area contributed by atoms with Crippen LogP contribution in [0.15, 0.2) is 10.6 Å². The van der Waals surface area contributed by atoms with E-state index in [9.17, 15) is 9.59 Å². The van der Waals surface area contributed by atoms with Crippen molar-refractivity contribution in [3.63, 3.8) is 0 Å². The van der Waals surface area contributed by atoms with E-state index in [4.69, 9.17) is 9.52 Å². The van der Waals surface area contributed by atoms with Gasteiger partial charge in [-0.15, -0.1) is 0 Å². The predicted molar refractivity (Wildman–Crippen MR) is 62.9 cm³/mol. The van der Waals surface area contributed by atoms with E-state index in [0.29, 0.717) is 11.7 Å². The number of amides is 2. The van der Waals surface area contributed by atoms with Gasteiger partial charge in [0.05, 0.1) is 18.7 Å². The second-order valence-electron chi connectivity index (χ2n) is 4.14. The lowest BCUT2D eigenvalue weighted by Gasteiger charge is -2.19. The highest BCUT2D eigenvalue weighted by atomic mass is 16.4. The maximum absolute atomic E-state index is 11.6. The van der Waals surface area contributed by atoms with Gasteiger partial charge < -0.3 is 19.7 Å². The molecule has 0 saturated carbocycles. The van der Waals surface area contributed by atoms with Crippen molar-refractivity contribution in [3.8, 4) is 0 Å². The molecule has 18 heavy (non-hydrogen) atoms. The number of carboxylic acid groups (broad SMARTS) is 1. The Hall–Kier alpha value is -2.05. The fourth-order valence-electron chi connectivity index (χ4n) is 1.34. The number of nitrogens with zero attached hydrogens (tertiary/aromatic N) is 2. The van der Waals surface area contributed by atoms with Crippen LogP contribution < -0.4 is 5.32 Å². The van der Waals surface area contributed by atoms with Crippen LogP contribution in [0.3, 0.4) is 0 Å². The lowest BCUT2D eigenvalue weighted by atomic mass is 10.2. The number of aryl methyl sites for hydroxylation is 1. The summed E-state index contributed by atoms with van der Waals surface area (Å²) in [5.41, 5.74) is 0. The smallest absolute Gasteiger partial charge is 0.317 e. The Balaban J connectivity index is 2.38. The third-order valence-corrected chi connectivity index (χ3v) is 2.38. The quantitative estimate of drug-likeness (QED) is 0.813. The van der Waals surface area contributed by atoms with Crippen LogP contribution in [0.25, 0.3) is 0 Å². The fraction of sp³-hybridized carbons (Fsp3) is 0.545. The summed E-state index contributed by atoms with van der Waals surface area (Å²) in [5.74, 6) is -0.449. The average Bonchev–Trinajstić information content (AvgIpc) is 2.71. The first-order chi connectivity index (χ1) is 8.40. The van der Waals surface area contributed by atoms with Crippen LogP contribution in [0.1, 0.15) is 18.6 Å². The topological polar surface area (TPSA) is 95.7 Å². The van der Waals surface area contributed by atoms with Crippen LogP contribution in [0, 0.1) is 12.8 Å². The predicted octanol–water partition coefficient (Wildman–Crippen LogP) is 0.845. The second kappa shape index (κ2) is 6.04. The SMILES string of the molecule is Cc1cnc(CNC(=O)N(C)CC(C)C(=O)O)o1. The van der Waals surface area contributed by atoms with Crippen LogP contribution in [0.2, 0.25) is 0 Å². The van der Waals surface area contributed by atoms with Gasteiger partial charge in [0.1, 0.15) is 5.76 Å². The average molecular weight is 255 g/mol. The third-order valence-electron chi connectivity index (χ3n) is 2.38. The molecule has 1 unspecified atom stereocenters. The van der Waals surface area contributed by atoms with Crippen molar-refractivity contribution >= 4 is 12.0 Å². The zero-order chi connectivity index (χ0) is 13.7. The highest BCUT2D eigenvalue weighted by Crippen LogP contribution is 2.02. The van der Waals surface area contributed by atoms with Gasteiger partial charge in [-0.3, -0.25) is 4.79 Å². The largest absolute Gasteiger partial charge is 0.481 e. The Morgan fingerprint density at radius 2 is 2.28 bits per heavy atom. The van der Waals surface area contributed by atoms with Crippen molar-refractivity contribution in [1.29, 1.82) is 0 Å². The highest BCUT2D eigenvalue weighted by molar-refractivity contribution is 5.75. The first kappa shape index (κ1) is 14.0. The minimum absolute atomic E-state index is 0.145. The molecule has 1 aromatic rings. The van der Waals surface area contributed by atoms with Crippen LogP contribution >= 0.6 is 0 Å². The number of hydrogen-bond donors (Lipinski definition) is 2. The molecular formula is C11H17N3O4. The summed E-state index contributed by atoms with van der Waals surface area (Å²) < 4.78 is 5.19. The normalized spacial score (nSPS) is 11.9. The number of urea groups is 1. The Bertz CT molecular complexity index is 430. The number of nitrogens with one attached hydrogen (secondary N) is 1. The maximum atomic E-state index is 11.6. The number of aromatic nitrogens is 1. The Morgan fingerprint density at radius 1 is 1.61 bits per heavy atom. The van der Waals surface area contributed by atoms with Gasteiger partial charge in [-0.2, -0.15) is 0 Å². The molecule has 2 N–H and O–H groups in total. The molecule has 100 valence electrons. The lowest BCUT2D eigenvalue weighted by Crippen LogP contribution is -2.40. The molecule has 1 aromatic heterocycles. The molecule has 0 radical (unpaired) electrons. The third kappa shape index (κ3) is 4.08. The van der Waals surface area contributed by atoms with Gasteiger partial charge in [0.25, 0.3) is 0 Å². The number of oxazole rings is 1. The molecule has 0 aliphatic carbocycles. The molecule has 0 aromatic carbocycles. The Morgan fingerprint density at radius 3 is 2.78 bits per heavy atom. The molecule has 7 nitrogen and oxygen atoms in total. The molecule has 1 rings (SSSR count). The van der Waals surface area contributed by atoms with Gasteiger partial charge in [-0.25, -0.2) is 9.78 Å². The van der Waals surface area contributed by atoms with E-state index >= 15 is 0 Å². The minimum atomic E-state index is -0.932. The number of carbonyl (C=O) groups is 2. The summed E-state index contributed by atoms with van der Waals surface area (Å²) in [4.78, 5) is 27.5. The number of rotatable bonds is 5. The molecule has 1 heterocycles. The van der Waals surface area contributed by atoms with Crippen molar-refractivity contribution in [1.82, 2.24) is 15.2 Å². The van der Waals surface area contributed by atoms with Crippen molar-refractivity contribution in [2.24, 2.45) is 5.92 Å². The van der Waals surface area contributed by atoms with Crippen molar-refractivity contribution in [2.45, 2.75) is 20.4 Å². The summed E-state index contributed by atoms with van der Waals surface area (Å²) in [6.07, 6.45) is 1.57. The van der Waals surface area contributed by atoms with Gasteiger partial charge in [0.2, 0.25) is 5.89 Å². The van der Waals surface area contributed by atoms with Crippen LogP contribution in [-0.2, 0) is 11.3 Å². The monoisotopic (exact) mass is 255 g/mol. The zero-order valence-electron chi connectivity index (χ0n) is 10.6. The molecule has 0 aliphatic heterocycles. The van der Waals surface area contributed by atoms with Crippen LogP contribution in [0.4, 0.5) is 4.79 Å². The van der Waals surface area contributed by atoms with E-state index < -0.39 is 11.9 Å². The van der Waals surface area contributed by atoms with Crippen molar-refractivity contribution < 1.29 is 19.1 Å². The van der Waals surface area contributed by atoms with E-state index in [1.165, 1.54) is 11.9 Å². The van der Waals surface area contributed by atoms with Crippen molar-refractivity contribution in [3.05, 3.63) is 17.8 Å². The van der Waals surface area contributed by atoms with Crippen LogP contribution in [-0.4, -0.2) is 40.6 Å². The molecule has 0 spiro atoms. The fourth-order valence-corrected chi connectivity index (χ4v) is 1.34. The molecular weight excluding hydrogens is 238 g/mol. The molecule has 0 fully saturated rings. The summed E-state index contributed by atoms with van der Waals surface area (Å²) in [6, 6.07) is -0.362. The number of carbonyl (C=O) groups excluding carboxylic acids is 1. The summed E-state index contributed by atoms with van der Waals surface area (Å²) >= 11 is 0. The van der Waals surface area contributed by atoms with E-state index in [2.05, 4.69) is 10.3 Å². The molecule has 1 atom stereocenters. The Kier molecular flexibility index (Phi) is 4.70. The van der Waals surface area contributed by atoms with E-state index in [0.717, 1.165) is 0 Å². The van der Waals surface area contributed by atoms with Gasteiger partial charge in [-0.05, 0) is 6.92 Å². The van der Waals surface area contributed by atoms with Crippen molar-refractivity contribution in [2.75, 3.05) is 13.6 Å². The van der Waals surface area contributed by atoms with Gasteiger partial charge in [0.15, 0.2) is 0 Å². The number of carboxylic acids is 1. The summed E-state index contributed by atoms with van der Waals surface area (Å²) in [7, 11) is 1.54. The van der Waals surface area contributed by atoms with E-state index in [1.54, 1.807) is 20.0 Å². The first-order valence-electron chi connectivity index (χ1n) is 5.53. The summed E-state index contributed by atoms with van der Waals surface area (Å²) in [6.45, 7) is 3.63. The van der Waals surface area contributed by atoms with E-state index in [1.807, 2.05) is 0 Å². The Labute approximate surface area is 105 Å². The van der Waals surface area contributed by atoms with E-state index in [-0.39, 0.29) is 19.1 Å². The summed E-state index contributed by atoms with van der Waals surface area (Å²) in [5, 5.41) is 11.3. The molecule has 7 heteroatoms. The van der Waals surface area contributed by atoms with Crippen LogP contribution in [0.5, 0.6) is 0 Å². The van der Waals surface area contributed by atoms with Gasteiger partial charge in [-0.1, -0.05) is 6.92 Å².